The molecule has 0 unspecified atom stereocenters. The fraction of sp³-hybridized carbons (Fsp3) is 0.500. The van der Waals surface area contributed by atoms with Crippen LogP contribution in [-0.4, -0.2) is 28.6 Å². The molecule has 0 aliphatic heterocycles. The fourth-order valence-electron chi connectivity index (χ4n) is 1.93. The van der Waals surface area contributed by atoms with E-state index in [-0.39, 0.29) is 5.41 Å². The van der Waals surface area contributed by atoms with Crippen molar-refractivity contribution >= 4 is 26.0 Å². The maximum absolute atomic E-state index is 12.1. The van der Waals surface area contributed by atoms with Crippen LogP contribution in [-0.2, 0) is 10.0 Å². The van der Waals surface area contributed by atoms with E-state index in [1.807, 2.05) is 13.1 Å². The van der Waals surface area contributed by atoms with Crippen LogP contribution in [0.5, 0.6) is 0 Å². The lowest BCUT2D eigenvalue weighted by Crippen LogP contribution is -2.34. The molecule has 2 rings (SSSR count). The van der Waals surface area contributed by atoms with E-state index in [1.54, 1.807) is 18.2 Å². The summed E-state index contributed by atoms with van der Waals surface area (Å²) in [6, 6.07) is 6.74. The molecule has 0 bridgehead atoms. The van der Waals surface area contributed by atoms with Crippen LogP contribution in [0.4, 0.5) is 0 Å². The van der Waals surface area contributed by atoms with Gasteiger partial charge < -0.3 is 5.32 Å². The van der Waals surface area contributed by atoms with Gasteiger partial charge in [-0.2, -0.15) is 0 Å². The lowest BCUT2D eigenvalue weighted by atomic mass is 10.1. The normalized spacial score (nSPS) is 17.7. The molecule has 2 N–H and O–H groups in total. The van der Waals surface area contributed by atoms with E-state index < -0.39 is 10.0 Å². The van der Waals surface area contributed by atoms with Gasteiger partial charge in [-0.05, 0) is 43.5 Å². The van der Waals surface area contributed by atoms with Crippen molar-refractivity contribution in [1.29, 1.82) is 0 Å². The summed E-state index contributed by atoms with van der Waals surface area (Å²) < 4.78 is 27.7. The van der Waals surface area contributed by atoms with E-state index in [2.05, 4.69) is 26.0 Å². The number of benzene rings is 1. The van der Waals surface area contributed by atoms with Gasteiger partial charge in [-0.1, -0.05) is 22.0 Å². The van der Waals surface area contributed by atoms with E-state index in [9.17, 15) is 8.42 Å². The van der Waals surface area contributed by atoms with Crippen LogP contribution in [0.3, 0.4) is 0 Å². The van der Waals surface area contributed by atoms with Gasteiger partial charge in [-0.15, -0.1) is 0 Å². The van der Waals surface area contributed by atoms with Gasteiger partial charge in [-0.3, -0.25) is 0 Å². The summed E-state index contributed by atoms with van der Waals surface area (Å²) in [7, 11) is -1.51. The quantitative estimate of drug-likeness (QED) is 0.834. The zero-order chi connectivity index (χ0) is 13.2. The maximum Gasteiger partial charge on any atom is 0.240 e. The topological polar surface area (TPSA) is 58.2 Å². The first-order chi connectivity index (χ1) is 8.47. The highest BCUT2D eigenvalue weighted by Gasteiger charge is 2.42. The zero-order valence-electron chi connectivity index (χ0n) is 10.2. The molecule has 0 heterocycles. The van der Waals surface area contributed by atoms with Crippen LogP contribution >= 0.6 is 15.9 Å². The monoisotopic (exact) mass is 332 g/mol. The van der Waals surface area contributed by atoms with Crippen molar-refractivity contribution < 1.29 is 8.42 Å². The van der Waals surface area contributed by atoms with Crippen LogP contribution < -0.4 is 10.0 Å². The largest absolute Gasteiger partial charge is 0.319 e. The average molecular weight is 333 g/mol. The highest BCUT2D eigenvalue weighted by Crippen LogP contribution is 2.44. The minimum Gasteiger partial charge on any atom is -0.319 e. The molecule has 0 radical (unpaired) electrons. The van der Waals surface area contributed by atoms with Gasteiger partial charge in [0, 0.05) is 17.6 Å². The number of nitrogens with one attached hydrogen (secondary N) is 2. The Hall–Kier alpha value is -0.430. The van der Waals surface area contributed by atoms with Gasteiger partial charge in [0.25, 0.3) is 0 Å². The minimum atomic E-state index is -3.40. The molecule has 1 aliphatic rings. The molecular weight excluding hydrogens is 316 g/mol. The van der Waals surface area contributed by atoms with Gasteiger partial charge in [0.05, 0.1) is 4.90 Å². The molecular formula is C12H17BrN2O2S. The summed E-state index contributed by atoms with van der Waals surface area (Å²) in [5.41, 5.74) is 0.119. The molecule has 6 heteroatoms. The number of hydrogen-bond acceptors (Lipinski definition) is 3. The first-order valence-electron chi connectivity index (χ1n) is 5.87. The molecule has 0 aromatic heterocycles. The van der Waals surface area contributed by atoms with E-state index in [0.717, 1.165) is 23.9 Å². The van der Waals surface area contributed by atoms with Gasteiger partial charge >= 0.3 is 0 Å². The zero-order valence-corrected chi connectivity index (χ0v) is 12.6. The molecule has 0 atom stereocenters. The Kier molecular flexibility index (Phi) is 4.11. The molecule has 0 spiro atoms. The Labute approximate surface area is 116 Å². The van der Waals surface area contributed by atoms with Crippen molar-refractivity contribution in [2.24, 2.45) is 5.41 Å². The summed E-state index contributed by atoms with van der Waals surface area (Å²) in [5.74, 6) is 0. The Morgan fingerprint density at radius 2 is 2.06 bits per heavy atom. The van der Waals surface area contributed by atoms with Crippen LogP contribution in [0.1, 0.15) is 12.8 Å². The van der Waals surface area contributed by atoms with E-state index >= 15 is 0 Å². The summed E-state index contributed by atoms with van der Waals surface area (Å²) in [4.78, 5) is 0.303. The van der Waals surface area contributed by atoms with Crippen molar-refractivity contribution in [3.05, 3.63) is 28.7 Å². The van der Waals surface area contributed by atoms with Gasteiger partial charge in [0.15, 0.2) is 0 Å². The van der Waals surface area contributed by atoms with Crippen molar-refractivity contribution in [3.8, 4) is 0 Å². The standard InChI is InChI=1S/C12H17BrN2O2S/c1-14-8-12(5-6-12)9-15-18(16,17)11-4-2-3-10(13)7-11/h2-4,7,14-15H,5-6,8-9H2,1H3. The molecule has 0 amide bonds. The Bertz CT molecular complexity index is 527. The summed E-state index contributed by atoms with van der Waals surface area (Å²) in [6.07, 6.45) is 2.16. The van der Waals surface area contributed by atoms with Crippen LogP contribution in [0, 0.1) is 5.41 Å². The third kappa shape index (κ3) is 3.32. The number of sulfonamides is 1. The van der Waals surface area contributed by atoms with Gasteiger partial charge in [0.2, 0.25) is 10.0 Å². The third-order valence-corrected chi connectivity index (χ3v) is 5.14. The van der Waals surface area contributed by atoms with Crippen LogP contribution in [0.2, 0.25) is 0 Å². The molecule has 1 aromatic rings. The third-order valence-electron chi connectivity index (χ3n) is 3.25. The Balaban J connectivity index is 2.04. The molecule has 1 fully saturated rings. The average Bonchev–Trinajstić information content (AvgIpc) is 3.08. The van der Waals surface area contributed by atoms with Crippen LogP contribution in [0.15, 0.2) is 33.6 Å². The van der Waals surface area contributed by atoms with Crippen molar-refractivity contribution in [1.82, 2.24) is 10.0 Å². The van der Waals surface area contributed by atoms with E-state index in [0.29, 0.717) is 11.4 Å². The number of hydrogen-bond donors (Lipinski definition) is 2. The fourth-order valence-corrected chi connectivity index (χ4v) is 3.69. The summed E-state index contributed by atoms with van der Waals surface area (Å²) in [5, 5.41) is 3.11. The summed E-state index contributed by atoms with van der Waals surface area (Å²) in [6.45, 7) is 1.36. The van der Waals surface area contributed by atoms with Gasteiger partial charge in [0.1, 0.15) is 0 Å². The van der Waals surface area contributed by atoms with Crippen molar-refractivity contribution in [2.45, 2.75) is 17.7 Å². The van der Waals surface area contributed by atoms with E-state index in [1.165, 1.54) is 0 Å². The van der Waals surface area contributed by atoms with E-state index in [4.69, 9.17) is 0 Å². The smallest absolute Gasteiger partial charge is 0.240 e. The lowest BCUT2D eigenvalue weighted by Gasteiger charge is -2.15. The first-order valence-corrected chi connectivity index (χ1v) is 8.15. The minimum absolute atomic E-state index is 0.119. The molecule has 18 heavy (non-hydrogen) atoms. The second-order valence-corrected chi connectivity index (χ2v) is 7.49. The predicted octanol–water partition coefficient (Wildman–Crippen LogP) is 1.73. The van der Waals surface area contributed by atoms with Gasteiger partial charge in [-0.25, -0.2) is 13.1 Å². The highest BCUT2D eigenvalue weighted by atomic mass is 79.9. The molecule has 100 valence electrons. The predicted molar refractivity (Wildman–Crippen MR) is 74.9 cm³/mol. The molecule has 4 nitrogen and oxygen atoms in total. The molecule has 1 aromatic carbocycles. The number of rotatable bonds is 6. The molecule has 1 saturated carbocycles. The molecule has 1 aliphatic carbocycles. The van der Waals surface area contributed by atoms with Crippen molar-refractivity contribution in [2.75, 3.05) is 20.1 Å². The molecule has 0 saturated heterocycles. The summed E-state index contributed by atoms with van der Waals surface area (Å²) >= 11 is 3.28. The number of halogens is 1. The first kappa shape index (κ1) is 14.0. The second-order valence-electron chi connectivity index (χ2n) is 4.81. The lowest BCUT2D eigenvalue weighted by molar-refractivity contribution is 0.468. The second kappa shape index (κ2) is 5.28. The SMILES string of the molecule is CNCC1(CNS(=O)(=O)c2cccc(Br)c2)CC1. The van der Waals surface area contributed by atoms with Crippen LogP contribution in [0.25, 0.3) is 0 Å². The highest BCUT2D eigenvalue weighted by molar-refractivity contribution is 9.10. The Morgan fingerprint density at radius 3 is 2.61 bits per heavy atom. The maximum atomic E-state index is 12.1. The van der Waals surface area contributed by atoms with Crippen molar-refractivity contribution in [3.63, 3.8) is 0 Å². The Morgan fingerprint density at radius 1 is 1.33 bits per heavy atom.